The molecule has 1 saturated carbocycles. The van der Waals surface area contributed by atoms with Crippen LogP contribution in [-0.4, -0.2) is 38.5 Å². The summed E-state index contributed by atoms with van der Waals surface area (Å²) in [5.41, 5.74) is 0. The highest BCUT2D eigenvalue weighted by Crippen LogP contribution is 2.25. The van der Waals surface area contributed by atoms with E-state index in [2.05, 4.69) is 27.9 Å². The minimum atomic E-state index is 0.192. The molecule has 5 heteroatoms. The maximum atomic E-state index is 11.9. The highest BCUT2D eigenvalue weighted by Gasteiger charge is 2.16. The van der Waals surface area contributed by atoms with E-state index in [9.17, 15) is 4.79 Å². The fraction of sp³-hybridized carbons (Fsp3) is 0.875. The van der Waals surface area contributed by atoms with E-state index in [4.69, 9.17) is 0 Å². The number of rotatable bonds is 8. The fourth-order valence-electron chi connectivity index (χ4n) is 2.71. The Balaban J connectivity index is 2.05. The lowest BCUT2D eigenvalue weighted by Crippen LogP contribution is -2.42. The monoisotopic (exact) mass is 296 g/mol. The average Bonchev–Trinajstić information content (AvgIpc) is 2.50. The predicted octanol–water partition coefficient (Wildman–Crippen LogP) is 2.04. The van der Waals surface area contributed by atoms with Gasteiger partial charge in [-0.2, -0.15) is 0 Å². The summed E-state index contributed by atoms with van der Waals surface area (Å²) in [7, 11) is 1.77. The van der Waals surface area contributed by atoms with Crippen LogP contribution in [-0.2, 0) is 4.79 Å². The van der Waals surface area contributed by atoms with Gasteiger partial charge in [0.1, 0.15) is 0 Å². The number of nitrogens with zero attached hydrogens (tertiary/aromatic N) is 1. The van der Waals surface area contributed by atoms with Gasteiger partial charge in [0.05, 0.1) is 0 Å². The second-order valence-corrected chi connectivity index (χ2v) is 5.84. The van der Waals surface area contributed by atoms with E-state index in [0.29, 0.717) is 25.4 Å². The van der Waals surface area contributed by atoms with Gasteiger partial charge in [-0.3, -0.25) is 9.79 Å². The van der Waals surface area contributed by atoms with Crippen molar-refractivity contribution in [1.29, 1.82) is 0 Å². The quantitative estimate of drug-likeness (QED) is 0.365. The van der Waals surface area contributed by atoms with Crippen LogP contribution in [0.15, 0.2) is 4.99 Å². The lowest BCUT2D eigenvalue weighted by molar-refractivity contribution is -0.122. The summed E-state index contributed by atoms with van der Waals surface area (Å²) in [5.74, 6) is 1.61. The molecule has 0 spiro atoms. The maximum absolute atomic E-state index is 11.9. The number of hydrogen-bond acceptors (Lipinski definition) is 2. The Morgan fingerprint density at radius 1 is 1.05 bits per heavy atom. The van der Waals surface area contributed by atoms with Crippen LogP contribution in [0.4, 0.5) is 0 Å². The third-order valence-electron chi connectivity index (χ3n) is 3.98. The molecule has 0 saturated heterocycles. The Morgan fingerprint density at radius 3 is 2.38 bits per heavy atom. The molecular weight excluding hydrogens is 264 g/mol. The van der Waals surface area contributed by atoms with Gasteiger partial charge in [-0.1, -0.05) is 32.6 Å². The first-order valence-corrected chi connectivity index (χ1v) is 8.47. The number of hydrogen-bond donors (Lipinski definition) is 3. The predicted molar refractivity (Wildman–Crippen MR) is 88.5 cm³/mol. The van der Waals surface area contributed by atoms with Crippen molar-refractivity contribution in [2.24, 2.45) is 10.9 Å². The summed E-state index contributed by atoms with van der Waals surface area (Å²) in [4.78, 5) is 16.0. The molecule has 0 bridgehead atoms. The van der Waals surface area contributed by atoms with Gasteiger partial charge >= 0.3 is 0 Å². The van der Waals surface area contributed by atoms with Crippen molar-refractivity contribution in [1.82, 2.24) is 16.0 Å². The van der Waals surface area contributed by atoms with Gasteiger partial charge in [-0.05, 0) is 25.2 Å². The van der Waals surface area contributed by atoms with E-state index in [1.54, 1.807) is 7.05 Å². The third-order valence-corrected chi connectivity index (χ3v) is 3.98. The van der Waals surface area contributed by atoms with Crippen LogP contribution in [0.1, 0.15) is 58.3 Å². The molecule has 0 unspecified atom stereocenters. The van der Waals surface area contributed by atoms with Crippen LogP contribution in [0.3, 0.4) is 0 Å². The SMILES string of the molecule is CCCCNC(=NC)NCCNC(=O)CC1CCCCC1. The minimum absolute atomic E-state index is 0.192. The number of amides is 1. The van der Waals surface area contributed by atoms with Crippen molar-refractivity contribution in [3.05, 3.63) is 0 Å². The number of guanidine groups is 1. The van der Waals surface area contributed by atoms with Crippen molar-refractivity contribution in [2.45, 2.75) is 58.3 Å². The Morgan fingerprint density at radius 2 is 1.71 bits per heavy atom. The first-order valence-electron chi connectivity index (χ1n) is 8.47. The topological polar surface area (TPSA) is 65.5 Å². The van der Waals surface area contributed by atoms with E-state index in [0.717, 1.165) is 18.9 Å². The zero-order chi connectivity index (χ0) is 15.3. The largest absolute Gasteiger partial charge is 0.356 e. The normalized spacial score (nSPS) is 16.6. The van der Waals surface area contributed by atoms with E-state index in [1.807, 2.05) is 0 Å². The number of carbonyl (C=O) groups is 1. The summed E-state index contributed by atoms with van der Waals surface area (Å²) in [5, 5.41) is 9.45. The lowest BCUT2D eigenvalue weighted by atomic mass is 9.87. The second-order valence-electron chi connectivity index (χ2n) is 5.84. The molecular formula is C16H32N4O. The van der Waals surface area contributed by atoms with Crippen LogP contribution in [0.5, 0.6) is 0 Å². The van der Waals surface area contributed by atoms with Crippen molar-refractivity contribution in [3.63, 3.8) is 0 Å². The Labute approximate surface area is 129 Å². The van der Waals surface area contributed by atoms with Crippen molar-refractivity contribution in [2.75, 3.05) is 26.7 Å². The maximum Gasteiger partial charge on any atom is 0.220 e. The standard InChI is InChI=1S/C16H32N4O/c1-3-4-10-19-16(17-2)20-12-11-18-15(21)13-14-8-6-5-7-9-14/h14H,3-13H2,1-2H3,(H,18,21)(H2,17,19,20). The highest BCUT2D eigenvalue weighted by molar-refractivity contribution is 5.79. The Kier molecular flexibility index (Phi) is 9.66. The number of unbranched alkanes of at least 4 members (excludes halogenated alkanes) is 1. The molecule has 0 radical (unpaired) electrons. The fourth-order valence-corrected chi connectivity index (χ4v) is 2.71. The molecule has 21 heavy (non-hydrogen) atoms. The van der Waals surface area contributed by atoms with E-state index >= 15 is 0 Å². The van der Waals surface area contributed by atoms with E-state index in [-0.39, 0.29) is 5.91 Å². The molecule has 122 valence electrons. The summed E-state index contributed by atoms with van der Waals surface area (Å²) < 4.78 is 0. The average molecular weight is 296 g/mol. The highest BCUT2D eigenvalue weighted by atomic mass is 16.1. The van der Waals surface area contributed by atoms with Crippen molar-refractivity contribution in [3.8, 4) is 0 Å². The molecule has 1 amide bonds. The summed E-state index contributed by atoms with van der Waals surface area (Å²) >= 11 is 0. The van der Waals surface area contributed by atoms with Crippen LogP contribution in [0.25, 0.3) is 0 Å². The van der Waals surface area contributed by atoms with E-state index < -0.39 is 0 Å². The molecule has 1 aliphatic rings. The van der Waals surface area contributed by atoms with Gasteiger partial charge < -0.3 is 16.0 Å². The molecule has 0 aliphatic heterocycles. The number of aliphatic imine (C=N–C) groups is 1. The molecule has 1 aliphatic carbocycles. The van der Waals surface area contributed by atoms with Gasteiger partial charge in [-0.15, -0.1) is 0 Å². The lowest BCUT2D eigenvalue weighted by Gasteiger charge is -2.20. The second kappa shape index (κ2) is 11.4. The molecule has 5 nitrogen and oxygen atoms in total. The number of nitrogens with one attached hydrogen (secondary N) is 3. The minimum Gasteiger partial charge on any atom is -0.356 e. The Bertz CT molecular complexity index is 311. The van der Waals surface area contributed by atoms with Crippen LogP contribution >= 0.6 is 0 Å². The van der Waals surface area contributed by atoms with Gasteiger partial charge in [0.25, 0.3) is 0 Å². The van der Waals surface area contributed by atoms with Gasteiger partial charge in [-0.25, -0.2) is 0 Å². The Hall–Kier alpha value is -1.26. The summed E-state index contributed by atoms with van der Waals surface area (Å²) in [6.07, 6.45) is 9.37. The summed E-state index contributed by atoms with van der Waals surface area (Å²) in [6.45, 7) is 4.46. The van der Waals surface area contributed by atoms with Crippen molar-refractivity contribution >= 4 is 11.9 Å². The number of carbonyl (C=O) groups excluding carboxylic acids is 1. The molecule has 0 aromatic rings. The van der Waals surface area contributed by atoms with Gasteiger partial charge in [0, 0.05) is 33.1 Å². The zero-order valence-corrected chi connectivity index (χ0v) is 13.7. The van der Waals surface area contributed by atoms with E-state index in [1.165, 1.54) is 38.5 Å². The van der Waals surface area contributed by atoms with Crippen LogP contribution in [0, 0.1) is 5.92 Å². The molecule has 1 rings (SSSR count). The van der Waals surface area contributed by atoms with Crippen LogP contribution < -0.4 is 16.0 Å². The van der Waals surface area contributed by atoms with Crippen molar-refractivity contribution < 1.29 is 4.79 Å². The van der Waals surface area contributed by atoms with Gasteiger partial charge in [0.15, 0.2) is 5.96 Å². The molecule has 0 heterocycles. The first-order chi connectivity index (χ1) is 10.3. The zero-order valence-electron chi connectivity index (χ0n) is 13.7. The smallest absolute Gasteiger partial charge is 0.220 e. The molecule has 0 atom stereocenters. The molecule has 0 aromatic heterocycles. The molecule has 0 aromatic carbocycles. The first kappa shape index (κ1) is 17.8. The summed E-state index contributed by atoms with van der Waals surface area (Å²) in [6, 6.07) is 0. The van der Waals surface area contributed by atoms with Gasteiger partial charge in [0.2, 0.25) is 5.91 Å². The third kappa shape index (κ3) is 8.58. The van der Waals surface area contributed by atoms with Crippen LogP contribution in [0.2, 0.25) is 0 Å². The molecule has 3 N–H and O–H groups in total. The molecule has 1 fully saturated rings.